The van der Waals surface area contributed by atoms with Gasteiger partial charge in [0.2, 0.25) is 0 Å². The van der Waals surface area contributed by atoms with E-state index in [1.807, 2.05) is 52.8 Å². The third-order valence-corrected chi connectivity index (χ3v) is 4.02. The molecule has 0 saturated heterocycles. The number of ether oxygens (including phenoxy) is 1. The second kappa shape index (κ2) is 8.76. The molecular formula is C16H21ClN2O2S. The van der Waals surface area contributed by atoms with Crippen LogP contribution in [0.1, 0.15) is 35.5 Å². The highest BCUT2D eigenvalue weighted by Crippen LogP contribution is 2.23. The number of rotatable bonds is 3. The summed E-state index contributed by atoms with van der Waals surface area (Å²) < 4.78 is 9.34. The van der Waals surface area contributed by atoms with E-state index in [0.29, 0.717) is 5.02 Å². The van der Waals surface area contributed by atoms with Crippen LogP contribution in [0, 0.1) is 20.8 Å². The van der Waals surface area contributed by atoms with Crippen molar-refractivity contribution in [1.29, 1.82) is 0 Å². The van der Waals surface area contributed by atoms with Gasteiger partial charge in [-0.25, -0.2) is 4.79 Å². The molecular weight excluding hydrogens is 320 g/mol. The molecule has 1 aromatic carbocycles. The molecule has 0 aliphatic heterocycles. The third kappa shape index (κ3) is 5.00. The molecule has 0 saturated carbocycles. The molecule has 2 rings (SSSR count). The highest BCUT2D eigenvalue weighted by atomic mass is 35.5. The Balaban J connectivity index is 0.00000116. The van der Waals surface area contributed by atoms with Gasteiger partial charge in [-0.1, -0.05) is 37.6 Å². The highest BCUT2D eigenvalue weighted by Gasteiger charge is 2.12. The van der Waals surface area contributed by atoms with E-state index in [9.17, 15) is 4.79 Å². The SMILES string of the molecule is CC.Cc1ccc(COC(=O)Nc2c(C)nsc2C)c(Cl)c1. The van der Waals surface area contributed by atoms with Crippen LogP contribution in [0.3, 0.4) is 0 Å². The number of benzene rings is 1. The average molecular weight is 341 g/mol. The third-order valence-electron chi connectivity index (χ3n) is 2.83. The maximum atomic E-state index is 11.8. The van der Waals surface area contributed by atoms with Gasteiger partial charge in [0, 0.05) is 15.5 Å². The Morgan fingerprint density at radius 3 is 2.55 bits per heavy atom. The average Bonchev–Trinajstić information content (AvgIpc) is 2.80. The van der Waals surface area contributed by atoms with E-state index in [1.54, 1.807) is 0 Å². The molecule has 0 radical (unpaired) electrons. The molecule has 1 aromatic heterocycles. The number of anilines is 1. The van der Waals surface area contributed by atoms with Crippen molar-refractivity contribution in [2.24, 2.45) is 0 Å². The van der Waals surface area contributed by atoms with Gasteiger partial charge in [-0.05, 0) is 43.9 Å². The second-order valence-electron chi connectivity index (χ2n) is 4.50. The number of nitrogens with zero attached hydrogens (tertiary/aromatic N) is 1. The topological polar surface area (TPSA) is 51.2 Å². The largest absolute Gasteiger partial charge is 0.444 e. The molecule has 1 amide bonds. The van der Waals surface area contributed by atoms with E-state index in [2.05, 4.69) is 9.69 Å². The molecule has 0 aliphatic rings. The van der Waals surface area contributed by atoms with Crippen LogP contribution in [-0.2, 0) is 11.3 Å². The van der Waals surface area contributed by atoms with Crippen molar-refractivity contribution in [3.63, 3.8) is 0 Å². The molecule has 120 valence electrons. The monoisotopic (exact) mass is 340 g/mol. The standard InChI is InChI=1S/C14H15ClN2O2S.C2H6/c1-8-4-5-11(12(15)6-8)7-19-14(18)16-13-9(2)17-20-10(13)3;1-2/h4-6H,7H2,1-3H3,(H,16,18);1-2H3. The zero-order valence-corrected chi connectivity index (χ0v) is 15.1. The summed E-state index contributed by atoms with van der Waals surface area (Å²) in [5, 5.41) is 3.30. The van der Waals surface area contributed by atoms with Crippen LogP contribution in [0.15, 0.2) is 18.2 Å². The maximum absolute atomic E-state index is 11.8. The van der Waals surface area contributed by atoms with Crippen molar-refractivity contribution in [1.82, 2.24) is 4.37 Å². The molecule has 1 heterocycles. The summed E-state index contributed by atoms with van der Waals surface area (Å²) in [6.07, 6.45) is -0.506. The summed E-state index contributed by atoms with van der Waals surface area (Å²) in [6.45, 7) is 9.84. The molecule has 0 unspecified atom stereocenters. The molecule has 2 aromatic rings. The summed E-state index contributed by atoms with van der Waals surface area (Å²) in [6, 6.07) is 5.63. The fraction of sp³-hybridized carbons (Fsp3) is 0.375. The Morgan fingerprint density at radius 2 is 2.00 bits per heavy atom. The number of aryl methyl sites for hydroxylation is 3. The normalized spacial score (nSPS) is 9.73. The summed E-state index contributed by atoms with van der Waals surface area (Å²) in [7, 11) is 0. The Hall–Kier alpha value is -1.59. The lowest BCUT2D eigenvalue weighted by Crippen LogP contribution is -2.14. The van der Waals surface area contributed by atoms with Crippen molar-refractivity contribution < 1.29 is 9.53 Å². The van der Waals surface area contributed by atoms with E-state index >= 15 is 0 Å². The van der Waals surface area contributed by atoms with Gasteiger partial charge in [0.15, 0.2) is 0 Å². The van der Waals surface area contributed by atoms with E-state index in [1.165, 1.54) is 11.5 Å². The number of carbonyl (C=O) groups excluding carboxylic acids is 1. The molecule has 22 heavy (non-hydrogen) atoms. The molecule has 0 aliphatic carbocycles. The quantitative estimate of drug-likeness (QED) is 0.802. The first-order valence-electron chi connectivity index (χ1n) is 7.09. The van der Waals surface area contributed by atoms with Crippen LogP contribution in [0.5, 0.6) is 0 Å². The smallest absolute Gasteiger partial charge is 0.412 e. The van der Waals surface area contributed by atoms with Gasteiger partial charge in [0.25, 0.3) is 0 Å². The summed E-state index contributed by atoms with van der Waals surface area (Å²) in [5.74, 6) is 0. The Morgan fingerprint density at radius 1 is 1.32 bits per heavy atom. The van der Waals surface area contributed by atoms with Gasteiger partial charge in [0.1, 0.15) is 6.61 Å². The van der Waals surface area contributed by atoms with Crippen molar-refractivity contribution in [3.05, 3.63) is 44.9 Å². The van der Waals surface area contributed by atoms with Gasteiger partial charge in [0.05, 0.1) is 11.4 Å². The van der Waals surface area contributed by atoms with Gasteiger partial charge in [-0.3, -0.25) is 5.32 Å². The molecule has 0 bridgehead atoms. The minimum atomic E-state index is -0.506. The van der Waals surface area contributed by atoms with Crippen molar-refractivity contribution in [3.8, 4) is 0 Å². The zero-order chi connectivity index (χ0) is 16.7. The van der Waals surface area contributed by atoms with Crippen molar-refractivity contribution in [2.75, 3.05) is 5.32 Å². The molecule has 4 nitrogen and oxygen atoms in total. The lowest BCUT2D eigenvalue weighted by atomic mass is 10.2. The number of hydrogen-bond acceptors (Lipinski definition) is 4. The van der Waals surface area contributed by atoms with E-state index in [-0.39, 0.29) is 6.61 Å². The molecule has 0 fully saturated rings. The van der Waals surface area contributed by atoms with Crippen LogP contribution in [0.2, 0.25) is 5.02 Å². The Bertz CT molecular complexity index is 622. The van der Waals surface area contributed by atoms with E-state index in [0.717, 1.165) is 27.4 Å². The Kier molecular flexibility index (Phi) is 7.35. The fourth-order valence-electron chi connectivity index (χ4n) is 1.71. The van der Waals surface area contributed by atoms with E-state index < -0.39 is 6.09 Å². The number of aromatic nitrogens is 1. The summed E-state index contributed by atoms with van der Waals surface area (Å²) >= 11 is 7.44. The fourth-order valence-corrected chi connectivity index (χ4v) is 2.66. The number of halogens is 1. The lowest BCUT2D eigenvalue weighted by molar-refractivity contribution is 0.155. The molecule has 1 N–H and O–H groups in total. The first-order valence-corrected chi connectivity index (χ1v) is 8.24. The van der Waals surface area contributed by atoms with Crippen LogP contribution in [-0.4, -0.2) is 10.5 Å². The molecule has 0 atom stereocenters. The van der Waals surface area contributed by atoms with Gasteiger partial charge in [-0.2, -0.15) is 4.37 Å². The van der Waals surface area contributed by atoms with Crippen LogP contribution < -0.4 is 5.32 Å². The van der Waals surface area contributed by atoms with E-state index in [4.69, 9.17) is 16.3 Å². The van der Waals surface area contributed by atoms with Crippen molar-refractivity contribution >= 4 is 34.9 Å². The van der Waals surface area contributed by atoms with Gasteiger partial charge < -0.3 is 4.74 Å². The summed E-state index contributed by atoms with van der Waals surface area (Å²) in [5.41, 5.74) is 3.36. The van der Waals surface area contributed by atoms with Crippen LogP contribution >= 0.6 is 23.1 Å². The lowest BCUT2D eigenvalue weighted by Gasteiger charge is -2.08. The second-order valence-corrected chi connectivity index (χ2v) is 5.88. The van der Waals surface area contributed by atoms with Crippen LogP contribution in [0.25, 0.3) is 0 Å². The number of amides is 1. The Labute approximate surface area is 140 Å². The number of hydrogen-bond donors (Lipinski definition) is 1. The number of carbonyl (C=O) groups is 1. The molecule has 0 spiro atoms. The maximum Gasteiger partial charge on any atom is 0.412 e. The van der Waals surface area contributed by atoms with Gasteiger partial charge in [-0.15, -0.1) is 0 Å². The van der Waals surface area contributed by atoms with Crippen molar-refractivity contribution in [2.45, 2.75) is 41.2 Å². The predicted molar refractivity (Wildman–Crippen MR) is 92.9 cm³/mol. The first kappa shape index (κ1) is 18.5. The summed E-state index contributed by atoms with van der Waals surface area (Å²) in [4.78, 5) is 12.7. The molecule has 6 heteroatoms. The zero-order valence-electron chi connectivity index (χ0n) is 13.5. The predicted octanol–water partition coefficient (Wildman–Crippen LogP) is 5.50. The first-order chi connectivity index (χ1) is 10.5. The highest BCUT2D eigenvalue weighted by molar-refractivity contribution is 7.06. The van der Waals surface area contributed by atoms with Crippen LogP contribution in [0.4, 0.5) is 10.5 Å². The number of nitrogens with one attached hydrogen (secondary N) is 1. The minimum Gasteiger partial charge on any atom is -0.444 e. The van der Waals surface area contributed by atoms with Gasteiger partial charge >= 0.3 is 6.09 Å². The minimum absolute atomic E-state index is 0.139.